The number of amides is 3. The van der Waals surface area contributed by atoms with E-state index >= 15 is 0 Å². The van der Waals surface area contributed by atoms with Gasteiger partial charge in [0.2, 0.25) is 0 Å². The fourth-order valence-corrected chi connectivity index (χ4v) is 2.89. The Bertz CT molecular complexity index is 667. The van der Waals surface area contributed by atoms with Gasteiger partial charge in [0, 0.05) is 36.8 Å². The Hall–Kier alpha value is -2.57. The van der Waals surface area contributed by atoms with E-state index in [0.717, 1.165) is 0 Å². The molecule has 27 heavy (non-hydrogen) atoms. The normalized spacial score (nSPS) is 14.7. The fraction of sp³-hybridized carbons (Fsp3) is 0.550. The zero-order chi connectivity index (χ0) is 19.8. The highest BCUT2D eigenvalue weighted by Gasteiger charge is 2.25. The zero-order valence-electron chi connectivity index (χ0n) is 16.3. The van der Waals surface area contributed by atoms with Gasteiger partial charge in [-0.25, -0.2) is 4.79 Å². The van der Waals surface area contributed by atoms with Gasteiger partial charge in [-0.05, 0) is 43.9 Å². The van der Waals surface area contributed by atoms with Crippen LogP contribution in [-0.4, -0.2) is 55.1 Å². The van der Waals surface area contributed by atoms with Crippen LogP contribution >= 0.6 is 0 Å². The molecule has 7 nitrogen and oxygen atoms in total. The predicted molar refractivity (Wildman–Crippen MR) is 103 cm³/mol. The van der Waals surface area contributed by atoms with Crippen molar-refractivity contribution in [3.8, 4) is 0 Å². The topological polar surface area (TPSA) is 87.7 Å². The number of rotatable bonds is 6. The molecule has 2 rings (SSSR count). The van der Waals surface area contributed by atoms with E-state index in [-0.39, 0.29) is 23.9 Å². The Kier molecular flexibility index (Phi) is 7.64. The molecule has 1 fully saturated rings. The molecule has 0 aliphatic carbocycles. The highest BCUT2D eigenvalue weighted by Crippen LogP contribution is 2.13. The van der Waals surface area contributed by atoms with Crippen molar-refractivity contribution in [3.05, 3.63) is 35.4 Å². The van der Waals surface area contributed by atoms with E-state index in [1.807, 2.05) is 13.8 Å². The van der Waals surface area contributed by atoms with Crippen molar-refractivity contribution >= 4 is 17.9 Å². The van der Waals surface area contributed by atoms with E-state index in [2.05, 4.69) is 10.6 Å². The SMILES string of the molecule is CCOC(=O)N1CCC(NC(=O)c2cccc(C(=O)NCC(C)C)c2)CC1. The van der Waals surface area contributed by atoms with Gasteiger partial charge in [-0.1, -0.05) is 19.9 Å². The second-order valence-corrected chi connectivity index (χ2v) is 7.12. The summed E-state index contributed by atoms with van der Waals surface area (Å²) in [6.07, 6.45) is 1.06. The van der Waals surface area contributed by atoms with Crippen LogP contribution < -0.4 is 10.6 Å². The van der Waals surface area contributed by atoms with Crippen molar-refractivity contribution in [1.29, 1.82) is 0 Å². The minimum Gasteiger partial charge on any atom is -0.450 e. The van der Waals surface area contributed by atoms with Crippen molar-refractivity contribution < 1.29 is 19.1 Å². The summed E-state index contributed by atoms with van der Waals surface area (Å²) < 4.78 is 5.00. The maximum absolute atomic E-state index is 12.5. The molecule has 1 aromatic carbocycles. The molecule has 2 N–H and O–H groups in total. The van der Waals surface area contributed by atoms with Gasteiger partial charge in [-0.2, -0.15) is 0 Å². The number of benzene rings is 1. The molecule has 3 amide bonds. The van der Waals surface area contributed by atoms with Gasteiger partial charge in [-0.3, -0.25) is 9.59 Å². The van der Waals surface area contributed by atoms with Gasteiger partial charge in [0.15, 0.2) is 0 Å². The van der Waals surface area contributed by atoms with Gasteiger partial charge in [0.05, 0.1) is 6.61 Å². The highest BCUT2D eigenvalue weighted by atomic mass is 16.6. The maximum Gasteiger partial charge on any atom is 0.409 e. The molecule has 0 radical (unpaired) electrons. The first-order valence-corrected chi connectivity index (χ1v) is 9.51. The molecule has 1 aliphatic heterocycles. The lowest BCUT2D eigenvalue weighted by molar-refractivity contribution is 0.0859. The number of hydrogen-bond donors (Lipinski definition) is 2. The first kappa shape index (κ1) is 20.7. The fourth-order valence-electron chi connectivity index (χ4n) is 2.89. The van der Waals surface area contributed by atoms with Crippen molar-refractivity contribution in [2.45, 2.75) is 39.7 Å². The number of nitrogens with one attached hydrogen (secondary N) is 2. The summed E-state index contributed by atoms with van der Waals surface area (Å²) in [5, 5.41) is 5.85. The van der Waals surface area contributed by atoms with Gasteiger partial charge < -0.3 is 20.3 Å². The number of ether oxygens (including phenoxy) is 1. The van der Waals surface area contributed by atoms with Crippen LogP contribution in [0.4, 0.5) is 4.79 Å². The number of carbonyl (C=O) groups is 3. The molecular weight excluding hydrogens is 346 g/mol. The Morgan fingerprint density at radius 1 is 1.15 bits per heavy atom. The Labute approximate surface area is 160 Å². The Morgan fingerprint density at radius 3 is 2.37 bits per heavy atom. The summed E-state index contributed by atoms with van der Waals surface area (Å²) in [4.78, 5) is 38.1. The standard InChI is InChI=1S/C20H29N3O4/c1-4-27-20(26)23-10-8-17(9-11-23)22-19(25)16-7-5-6-15(12-16)18(24)21-13-14(2)3/h5-7,12,14,17H,4,8-11,13H2,1-3H3,(H,21,24)(H,22,25). The lowest BCUT2D eigenvalue weighted by atomic mass is 10.0. The van der Waals surface area contributed by atoms with Crippen LogP contribution in [0.2, 0.25) is 0 Å². The van der Waals surface area contributed by atoms with Crippen LogP contribution in [0.3, 0.4) is 0 Å². The molecule has 1 saturated heterocycles. The summed E-state index contributed by atoms with van der Waals surface area (Å²) in [6, 6.07) is 6.72. The van der Waals surface area contributed by atoms with Crippen molar-refractivity contribution in [3.63, 3.8) is 0 Å². The number of carbonyl (C=O) groups excluding carboxylic acids is 3. The van der Waals surface area contributed by atoms with Crippen LogP contribution in [0.15, 0.2) is 24.3 Å². The van der Waals surface area contributed by atoms with Crippen LogP contribution in [0.1, 0.15) is 54.3 Å². The van der Waals surface area contributed by atoms with Crippen LogP contribution in [0, 0.1) is 5.92 Å². The smallest absolute Gasteiger partial charge is 0.409 e. The molecule has 7 heteroatoms. The van der Waals surface area contributed by atoms with E-state index in [1.165, 1.54) is 0 Å². The summed E-state index contributed by atoms with van der Waals surface area (Å²) in [6.45, 7) is 7.89. The van der Waals surface area contributed by atoms with Crippen LogP contribution in [0.25, 0.3) is 0 Å². The molecule has 148 valence electrons. The molecule has 1 heterocycles. The maximum atomic E-state index is 12.5. The van der Waals surface area contributed by atoms with E-state index < -0.39 is 0 Å². The molecule has 0 spiro atoms. The second-order valence-electron chi connectivity index (χ2n) is 7.12. The third-order valence-electron chi connectivity index (χ3n) is 4.41. The number of likely N-dealkylation sites (tertiary alicyclic amines) is 1. The van der Waals surface area contributed by atoms with Gasteiger partial charge in [-0.15, -0.1) is 0 Å². The lowest BCUT2D eigenvalue weighted by Gasteiger charge is -2.31. The molecule has 1 aromatic rings. The minimum absolute atomic E-state index is 0.00148. The molecule has 0 atom stereocenters. The van der Waals surface area contributed by atoms with E-state index in [9.17, 15) is 14.4 Å². The molecule has 0 unspecified atom stereocenters. The van der Waals surface area contributed by atoms with Crippen LogP contribution in [0.5, 0.6) is 0 Å². The average molecular weight is 375 g/mol. The number of hydrogen-bond acceptors (Lipinski definition) is 4. The average Bonchev–Trinajstić information content (AvgIpc) is 2.67. The lowest BCUT2D eigenvalue weighted by Crippen LogP contribution is -2.46. The molecule has 0 saturated carbocycles. The Morgan fingerprint density at radius 2 is 1.78 bits per heavy atom. The first-order valence-electron chi connectivity index (χ1n) is 9.51. The second kappa shape index (κ2) is 9.94. The molecule has 0 aromatic heterocycles. The van der Waals surface area contributed by atoms with E-state index in [1.54, 1.807) is 36.1 Å². The summed E-state index contributed by atoms with van der Waals surface area (Å²) in [7, 11) is 0. The molecule has 0 bridgehead atoms. The van der Waals surface area contributed by atoms with E-state index in [4.69, 9.17) is 4.74 Å². The number of nitrogens with zero attached hydrogens (tertiary/aromatic N) is 1. The number of piperidine rings is 1. The summed E-state index contributed by atoms with van der Waals surface area (Å²) in [5.41, 5.74) is 0.931. The summed E-state index contributed by atoms with van der Waals surface area (Å²) in [5.74, 6) is -0.0231. The van der Waals surface area contributed by atoms with Crippen molar-refractivity contribution in [2.75, 3.05) is 26.2 Å². The third-order valence-corrected chi connectivity index (χ3v) is 4.41. The van der Waals surface area contributed by atoms with Gasteiger partial charge in [0.25, 0.3) is 11.8 Å². The third kappa shape index (κ3) is 6.27. The quantitative estimate of drug-likeness (QED) is 0.799. The van der Waals surface area contributed by atoms with Crippen LogP contribution in [-0.2, 0) is 4.74 Å². The molecule has 1 aliphatic rings. The highest BCUT2D eigenvalue weighted by molar-refractivity contribution is 5.99. The predicted octanol–water partition coefficient (Wildman–Crippen LogP) is 2.42. The largest absolute Gasteiger partial charge is 0.450 e. The molecular formula is C20H29N3O4. The first-order chi connectivity index (χ1) is 12.9. The van der Waals surface area contributed by atoms with E-state index in [0.29, 0.717) is 56.1 Å². The van der Waals surface area contributed by atoms with Crippen molar-refractivity contribution in [1.82, 2.24) is 15.5 Å². The summed E-state index contributed by atoms with van der Waals surface area (Å²) >= 11 is 0. The Balaban J connectivity index is 1.88. The monoisotopic (exact) mass is 375 g/mol. The van der Waals surface area contributed by atoms with Crippen molar-refractivity contribution in [2.24, 2.45) is 5.92 Å². The minimum atomic E-state index is -0.303. The van der Waals surface area contributed by atoms with Gasteiger partial charge in [0.1, 0.15) is 0 Å². The van der Waals surface area contributed by atoms with Gasteiger partial charge >= 0.3 is 6.09 Å². The zero-order valence-corrected chi connectivity index (χ0v) is 16.3.